The normalized spacial score (nSPS) is 12.9. The highest BCUT2D eigenvalue weighted by atomic mass is 79.9. The molecule has 1 aromatic rings. The number of carbonyl (C=O) groups excluding carboxylic acids is 1. The summed E-state index contributed by atoms with van der Waals surface area (Å²) in [5.74, 6) is 0.534. The molecule has 0 saturated carbocycles. The highest BCUT2D eigenvalue weighted by molar-refractivity contribution is 9.10. The maximum Gasteiger partial charge on any atom is 0.323 e. The van der Waals surface area contributed by atoms with Crippen molar-refractivity contribution < 1.29 is 14.3 Å². The van der Waals surface area contributed by atoms with E-state index in [1.54, 1.807) is 14.0 Å². The minimum atomic E-state index is -0.469. The Morgan fingerprint density at radius 2 is 2.05 bits per heavy atom. The molecule has 0 aliphatic heterocycles. The van der Waals surface area contributed by atoms with Gasteiger partial charge in [0.2, 0.25) is 0 Å². The highest BCUT2D eigenvalue weighted by Crippen LogP contribution is 2.22. The van der Waals surface area contributed by atoms with E-state index in [4.69, 9.17) is 9.47 Å². The molecular weight excluding hydrogens is 322 g/mol. The molecule has 20 heavy (non-hydrogen) atoms. The number of carbonyl (C=O) groups is 1. The van der Waals surface area contributed by atoms with E-state index >= 15 is 0 Å². The fraction of sp³-hybridized carbons (Fsp3) is 0.533. The van der Waals surface area contributed by atoms with Crippen LogP contribution >= 0.6 is 15.9 Å². The Labute approximate surface area is 129 Å². The topological polar surface area (TPSA) is 47.6 Å². The van der Waals surface area contributed by atoms with Crippen molar-refractivity contribution in [3.05, 3.63) is 28.2 Å². The first-order chi connectivity index (χ1) is 9.23. The number of methoxy groups -OCH3 is 1. The molecule has 0 aliphatic rings. The Bertz CT molecular complexity index is 469. The summed E-state index contributed by atoms with van der Waals surface area (Å²) in [7, 11) is 1.63. The number of ether oxygens (including phenoxy) is 2. The molecule has 4 nitrogen and oxygen atoms in total. The van der Waals surface area contributed by atoms with Gasteiger partial charge in [0.15, 0.2) is 0 Å². The number of benzene rings is 1. The summed E-state index contributed by atoms with van der Waals surface area (Å²) >= 11 is 3.48. The lowest BCUT2D eigenvalue weighted by Gasteiger charge is -2.23. The molecule has 112 valence electrons. The number of hydrogen-bond acceptors (Lipinski definition) is 4. The van der Waals surface area contributed by atoms with Crippen LogP contribution in [0.2, 0.25) is 0 Å². The zero-order valence-corrected chi connectivity index (χ0v) is 14.2. The van der Waals surface area contributed by atoms with Gasteiger partial charge in [-0.05, 0) is 51.5 Å². The first-order valence-electron chi connectivity index (χ1n) is 6.51. The van der Waals surface area contributed by atoms with E-state index in [1.165, 1.54) is 0 Å². The van der Waals surface area contributed by atoms with Crippen LogP contribution in [0.15, 0.2) is 22.7 Å². The molecule has 5 heteroatoms. The standard InChI is InChI=1S/C15H22BrNO3/c1-10(14(18)20-15(2,3)4)17-9-11-8-12(19-5)6-7-13(11)16/h6-8,10,17H,9H2,1-5H3. The van der Waals surface area contributed by atoms with E-state index in [1.807, 2.05) is 39.0 Å². The summed E-state index contributed by atoms with van der Waals surface area (Å²) in [6, 6.07) is 5.37. The Morgan fingerprint density at radius 3 is 2.60 bits per heavy atom. The average molecular weight is 344 g/mol. The molecule has 0 radical (unpaired) electrons. The summed E-state index contributed by atoms with van der Waals surface area (Å²) in [5, 5.41) is 3.15. The van der Waals surface area contributed by atoms with Gasteiger partial charge in [0.1, 0.15) is 17.4 Å². The summed E-state index contributed by atoms with van der Waals surface area (Å²) in [5.41, 5.74) is 0.559. The molecule has 0 fully saturated rings. The van der Waals surface area contributed by atoms with Gasteiger partial charge in [-0.3, -0.25) is 4.79 Å². The van der Waals surface area contributed by atoms with Crippen molar-refractivity contribution in [3.8, 4) is 5.75 Å². The fourth-order valence-corrected chi connectivity index (χ4v) is 1.94. The van der Waals surface area contributed by atoms with Crippen LogP contribution in [0.3, 0.4) is 0 Å². The summed E-state index contributed by atoms with van der Waals surface area (Å²) in [4.78, 5) is 11.9. The third-order valence-corrected chi connectivity index (χ3v) is 3.39. The van der Waals surface area contributed by atoms with Gasteiger partial charge < -0.3 is 14.8 Å². The molecule has 0 bridgehead atoms. The van der Waals surface area contributed by atoms with Crippen molar-refractivity contribution in [2.45, 2.75) is 45.9 Å². The maximum absolute atomic E-state index is 11.9. The van der Waals surface area contributed by atoms with E-state index in [-0.39, 0.29) is 12.0 Å². The quantitative estimate of drug-likeness (QED) is 0.833. The third kappa shape index (κ3) is 5.51. The predicted octanol–water partition coefficient (Wildman–Crippen LogP) is 3.28. The fourth-order valence-electron chi connectivity index (χ4n) is 1.55. The van der Waals surface area contributed by atoms with Gasteiger partial charge in [-0.25, -0.2) is 0 Å². The van der Waals surface area contributed by atoms with Crippen LogP contribution in [0.4, 0.5) is 0 Å². The van der Waals surface area contributed by atoms with Crippen molar-refractivity contribution >= 4 is 21.9 Å². The van der Waals surface area contributed by atoms with Crippen LogP contribution in [0, 0.1) is 0 Å². The summed E-state index contributed by atoms with van der Waals surface area (Å²) in [6.45, 7) is 7.92. The molecule has 1 atom stereocenters. The van der Waals surface area contributed by atoms with Gasteiger partial charge in [0.05, 0.1) is 7.11 Å². The lowest BCUT2D eigenvalue weighted by atomic mass is 10.2. The second-order valence-corrected chi connectivity index (χ2v) is 6.45. The van der Waals surface area contributed by atoms with Crippen LogP contribution in [0.5, 0.6) is 5.75 Å². The summed E-state index contributed by atoms with van der Waals surface area (Å²) in [6.07, 6.45) is 0. The van der Waals surface area contributed by atoms with Crippen molar-refractivity contribution in [3.63, 3.8) is 0 Å². The number of rotatable bonds is 5. The van der Waals surface area contributed by atoms with Gasteiger partial charge >= 0.3 is 5.97 Å². The largest absolute Gasteiger partial charge is 0.497 e. The van der Waals surface area contributed by atoms with Crippen molar-refractivity contribution in [1.82, 2.24) is 5.32 Å². The molecule has 0 aromatic heterocycles. The maximum atomic E-state index is 11.9. The molecule has 1 unspecified atom stereocenters. The van der Waals surface area contributed by atoms with Crippen LogP contribution in [0.25, 0.3) is 0 Å². The molecule has 0 amide bonds. The van der Waals surface area contributed by atoms with E-state index in [2.05, 4.69) is 21.2 Å². The number of hydrogen-bond donors (Lipinski definition) is 1. The Balaban J connectivity index is 2.60. The number of esters is 1. The second kappa shape index (κ2) is 7.09. The van der Waals surface area contributed by atoms with Crippen molar-refractivity contribution in [2.24, 2.45) is 0 Å². The van der Waals surface area contributed by atoms with Gasteiger partial charge in [0, 0.05) is 11.0 Å². The second-order valence-electron chi connectivity index (χ2n) is 5.59. The Morgan fingerprint density at radius 1 is 1.40 bits per heavy atom. The van der Waals surface area contributed by atoms with Crippen LogP contribution in [-0.2, 0) is 16.1 Å². The number of halogens is 1. The first kappa shape index (κ1) is 17.0. The van der Waals surface area contributed by atoms with Crippen LogP contribution in [-0.4, -0.2) is 24.7 Å². The molecule has 0 saturated heterocycles. The number of nitrogens with one attached hydrogen (secondary N) is 1. The monoisotopic (exact) mass is 343 g/mol. The molecule has 0 spiro atoms. The van der Waals surface area contributed by atoms with Gasteiger partial charge in [-0.15, -0.1) is 0 Å². The minimum absolute atomic E-state index is 0.253. The van der Waals surface area contributed by atoms with Crippen LogP contribution < -0.4 is 10.1 Å². The van der Waals surface area contributed by atoms with Gasteiger partial charge in [-0.1, -0.05) is 15.9 Å². The van der Waals surface area contributed by atoms with E-state index < -0.39 is 5.60 Å². The Kier molecular flexibility index (Phi) is 6.02. The van der Waals surface area contributed by atoms with E-state index in [9.17, 15) is 4.79 Å². The molecule has 0 aliphatic carbocycles. The third-order valence-electron chi connectivity index (χ3n) is 2.61. The van der Waals surface area contributed by atoms with E-state index in [0.29, 0.717) is 6.54 Å². The first-order valence-corrected chi connectivity index (χ1v) is 7.31. The van der Waals surface area contributed by atoms with Crippen molar-refractivity contribution in [1.29, 1.82) is 0 Å². The van der Waals surface area contributed by atoms with Crippen LogP contribution in [0.1, 0.15) is 33.3 Å². The van der Waals surface area contributed by atoms with E-state index in [0.717, 1.165) is 15.8 Å². The lowest BCUT2D eigenvalue weighted by Crippen LogP contribution is -2.38. The molecule has 0 heterocycles. The summed E-state index contributed by atoms with van der Waals surface area (Å²) < 4.78 is 11.5. The average Bonchev–Trinajstić information content (AvgIpc) is 2.35. The molecule has 1 rings (SSSR count). The zero-order valence-electron chi connectivity index (χ0n) is 12.6. The molecule has 1 N–H and O–H groups in total. The smallest absolute Gasteiger partial charge is 0.323 e. The van der Waals surface area contributed by atoms with Gasteiger partial charge in [-0.2, -0.15) is 0 Å². The Hall–Kier alpha value is -1.07. The van der Waals surface area contributed by atoms with Gasteiger partial charge in [0.25, 0.3) is 0 Å². The highest BCUT2D eigenvalue weighted by Gasteiger charge is 2.21. The lowest BCUT2D eigenvalue weighted by molar-refractivity contribution is -0.157. The minimum Gasteiger partial charge on any atom is -0.497 e. The predicted molar refractivity (Wildman–Crippen MR) is 82.8 cm³/mol. The molecule has 1 aromatic carbocycles. The SMILES string of the molecule is COc1ccc(Br)c(CNC(C)C(=O)OC(C)(C)C)c1. The van der Waals surface area contributed by atoms with Crippen molar-refractivity contribution in [2.75, 3.05) is 7.11 Å². The molecular formula is C15H22BrNO3. The zero-order chi connectivity index (χ0) is 15.3.